The Bertz CT molecular complexity index is 315. The molecule has 2 heterocycles. The fourth-order valence-corrected chi connectivity index (χ4v) is 1.91. The van der Waals surface area contributed by atoms with Gasteiger partial charge in [-0.3, -0.25) is 4.79 Å². The molecule has 1 aliphatic heterocycles. The summed E-state index contributed by atoms with van der Waals surface area (Å²) < 4.78 is 5.07. The lowest BCUT2D eigenvalue weighted by Gasteiger charge is -2.20. The number of amides is 1. The van der Waals surface area contributed by atoms with Crippen molar-refractivity contribution >= 4 is 5.91 Å². The van der Waals surface area contributed by atoms with E-state index in [1.165, 1.54) is 12.7 Å². The third-order valence-corrected chi connectivity index (χ3v) is 2.74. The number of hydrogen-bond acceptors (Lipinski definition) is 3. The minimum atomic E-state index is -0.0475. The number of nitrogens with zero attached hydrogens (tertiary/aromatic N) is 1. The molecule has 0 radical (unpaired) electrons. The average molecular weight is 208 g/mol. The van der Waals surface area contributed by atoms with Gasteiger partial charge in [0.2, 0.25) is 0 Å². The molecule has 1 unspecified atom stereocenters. The Morgan fingerprint density at radius 2 is 2.60 bits per heavy atom. The van der Waals surface area contributed by atoms with Crippen molar-refractivity contribution in [2.75, 3.05) is 20.1 Å². The zero-order valence-corrected chi connectivity index (χ0v) is 8.90. The number of nitrogens with one attached hydrogen (secondary N) is 1. The summed E-state index contributed by atoms with van der Waals surface area (Å²) in [6, 6.07) is 3.87. The van der Waals surface area contributed by atoms with Crippen LogP contribution in [0.2, 0.25) is 0 Å². The summed E-state index contributed by atoms with van der Waals surface area (Å²) in [5.74, 6) is 0.365. The minimum absolute atomic E-state index is 0.0475. The highest BCUT2D eigenvalue weighted by molar-refractivity contribution is 5.91. The topological polar surface area (TPSA) is 45.5 Å². The van der Waals surface area contributed by atoms with E-state index in [-0.39, 0.29) is 5.91 Å². The zero-order chi connectivity index (χ0) is 10.7. The highest BCUT2D eigenvalue weighted by Crippen LogP contribution is 2.09. The van der Waals surface area contributed by atoms with Gasteiger partial charge in [0, 0.05) is 19.6 Å². The van der Waals surface area contributed by atoms with Crippen molar-refractivity contribution in [1.82, 2.24) is 10.2 Å². The minimum Gasteiger partial charge on any atom is -0.459 e. The predicted molar refractivity (Wildman–Crippen MR) is 56.7 cm³/mol. The first-order chi connectivity index (χ1) is 7.27. The van der Waals surface area contributed by atoms with Gasteiger partial charge in [0.25, 0.3) is 5.91 Å². The molecule has 1 aromatic heterocycles. The Morgan fingerprint density at radius 1 is 1.73 bits per heavy atom. The maximum absolute atomic E-state index is 11.8. The lowest BCUT2D eigenvalue weighted by atomic mass is 10.2. The molecule has 0 spiro atoms. The van der Waals surface area contributed by atoms with Gasteiger partial charge in [0.1, 0.15) is 0 Å². The molecule has 1 atom stereocenters. The van der Waals surface area contributed by atoms with E-state index in [0.717, 1.165) is 19.5 Å². The number of carbonyl (C=O) groups excluding carboxylic acids is 1. The summed E-state index contributed by atoms with van der Waals surface area (Å²) in [6.07, 6.45) is 3.87. The third-order valence-electron chi connectivity index (χ3n) is 2.74. The van der Waals surface area contributed by atoms with Crippen molar-refractivity contribution < 1.29 is 9.21 Å². The largest absolute Gasteiger partial charge is 0.459 e. The number of hydrogen-bond donors (Lipinski definition) is 1. The van der Waals surface area contributed by atoms with Gasteiger partial charge in [0.15, 0.2) is 5.76 Å². The van der Waals surface area contributed by atoms with Gasteiger partial charge in [-0.25, -0.2) is 0 Å². The smallest absolute Gasteiger partial charge is 0.289 e. The Kier molecular flexibility index (Phi) is 3.06. The maximum Gasteiger partial charge on any atom is 0.289 e. The van der Waals surface area contributed by atoms with E-state index in [1.807, 2.05) is 7.05 Å². The van der Waals surface area contributed by atoms with Crippen LogP contribution in [0, 0.1) is 0 Å². The van der Waals surface area contributed by atoms with E-state index >= 15 is 0 Å². The van der Waals surface area contributed by atoms with Crippen molar-refractivity contribution in [2.45, 2.75) is 18.9 Å². The van der Waals surface area contributed by atoms with Gasteiger partial charge in [-0.15, -0.1) is 0 Å². The highest BCUT2D eigenvalue weighted by Gasteiger charge is 2.20. The summed E-state index contributed by atoms with van der Waals surface area (Å²) >= 11 is 0. The average Bonchev–Trinajstić information content (AvgIpc) is 2.88. The van der Waals surface area contributed by atoms with Crippen LogP contribution in [0.1, 0.15) is 23.4 Å². The summed E-state index contributed by atoms with van der Waals surface area (Å²) in [5.41, 5.74) is 0. The van der Waals surface area contributed by atoms with Crippen LogP contribution in [0.5, 0.6) is 0 Å². The van der Waals surface area contributed by atoms with Crippen LogP contribution in [-0.2, 0) is 0 Å². The van der Waals surface area contributed by atoms with Gasteiger partial charge >= 0.3 is 0 Å². The first kappa shape index (κ1) is 10.2. The SMILES string of the molecule is CN(CC1CCCN1)C(=O)c1ccco1. The third kappa shape index (κ3) is 2.39. The molecule has 1 fully saturated rings. The molecule has 2 rings (SSSR count). The van der Waals surface area contributed by atoms with Crippen LogP contribution in [0.25, 0.3) is 0 Å². The molecule has 82 valence electrons. The van der Waals surface area contributed by atoms with Crippen LogP contribution >= 0.6 is 0 Å². The second kappa shape index (κ2) is 4.49. The van der Waals surface area contributed by atoms with Gasteiger partial charge in [-0.05, 0) is 31.5 Å². The molecule has 4 heteroatoms. The van der Waals surface area contributed by atoms with Crippen LogP contribution in [0.4, 0.5) is 0 Å². The Balaban J connectivity index is 1.90. The van der Waals surface area contributed by atoms with Gasteiger partial charge in [-0.2, -0.15) is 0 Å². The van der Waals surface area contributed by atoms with Crippen molar-refractivity contribution in [3.05, 3.63) is 24.2 Å². The van der Waals surface area contributed by atoms with E-state index in [4.69, 9.17) is 4.42 Å². The lowest BCUT2D eigenvalue weighted by Crippen LogP contribution is -2.38. The number of carbonyl (C=O) groups is 1. The van der Waals surface area contributed by atoms with E-state index in [1.54, 1.807) is 17.0 Å². The number of likely N-dealkylation sites (N-methyl/N-ethyl adjacent to an activating group) is 1. The van der Waals surface area contributed by atoms with Gasteiger partial charge < -0.3 is 14.6 Å². The van der Waals surface area contributed by atoms with Crippen LogP contribution in [0.3, 0.4) is 0 Å². The normalized spacial score (nSPS) is 20.5. The fourth-order valence-electron chi connectivity index (χ4n) is 1.91. The van der Waals surface area contributed by atoms with E-state index in [9.17, 15) is 4.79 Å². The van der Waals surface area contributed by atoms with Crippen molar-refractivity contribution in [3.63, 3.8) is 0 Å². The maximum atomic E-state index is 11.8. The van der Waals surface area contributed by atoms with Crippen LogP contribution in [-0.4, -0.2) is 37.0 Å². The summed E-state index contributed by atoms with van der Waals surface area (Å²) in [7, 11) is 1.81. The van der Waals surface area contributed by atoms with Crippen LogP contribution in [0.15, 0.2) is 22.8 Å². The quantitative estimate of drug-likeness (QED) is 0.809. The molecule has 1 N–H and O–H groups in total. The van der Waals surface area contributed by atoms with Gasteiger partial charge in [-0.1, -0.05) is 0 Å². The predicted octanol–water partition coefficient (Wildman–Crippen LogP) is 1.10. The summed E-state index contributed by atoms with van der Waals surface area (Å²) in [4.78, 5) is 13.5. The van der Waals surface area contributed by atoms with Crippen molar-refractivity contribution in [3.8, 4) is 0 Å². The standard InChI is InChI=1S/C11H16N2O2/c1-13(8-9-4-2-6-12-9)11(14)10-5-3-7-15-10/h3,5,7,9,12H,2,4,6,8H2,1H3. The molecular weight excluding hydrogens is 192 g/mol. The van der Waals surface area contributed by atoms with E-state index in [2.05, 4.69) is 5.32 Å². The second-order valence-corrected chi connectivity index (χ2v) is 3.96. The number of furan rings is 1. The molecule has 0 aliphatic carbocycles. The molecule has 1 saturated heterocycles. The van der Waals surface area contributed by atoms with E-state index < -0.39 is 0 Å². The molecule has 4 nitrogen and oxygen atoms in total. The molecule has 1 amide bonds. The second-order valence-electron chi connectivity index (χ2n) is 3.96. The number of rotatable bonds is 3. The van der Waals surface area contributed by atoms with Crippen molar-refractivity contribution in [2.24, 2.45) is 0 Å². The van der Waals surface area contributed by atoms with Gasteiger partial charge in [0.05, 0.1) is 6.26 Å². The highest BCUT2D eigenvalue weighted by atomic mass is 16.3. The molecule has 0 saturated carbocycles. The molecular formula is C11H16N2O2. The zero-order valence-electron chi connectivity index (χ0n) is 8.90. The van der Waals surface area contributed by atoms with E-state index in [0.29, 0.717) is 11.8 Å². The molecule has 1 aliphatic rings. The molecule has 15 heavy (non-hydrogen) atoms. The Labute approximate surface area is 89.2 Å². The Morgan fingerprint density at radius 3 is 3.20 bits per heavy atom. The molecule has 0 aromatic carbocycles. The molecule has 1 aromatic rings. The summed E-state index contributed by atoms with van der Waals surface area (Å²) in [6.45, 7) is 1.81. The Hall–Kier alpha value is -1.29. The first-order valence-electron chi connectivity index (χ1n) is 5.30. The molecule has 0 bridgehead atoms. The van der Waals surface area contributed by atoms with Crippen LogP contribution < -0.4 is 5.32 Å². The first-order valence-corrected chi connectivity index (χ1v) is 5.30. The monoisotopic (exact) mass is 208 g/mol. The van der Waals surface area contributed by atoms with Crippen molar-refractivity contribution in [1.29, 1.82) is 0 Å². The fraction of sp³-hybridized carbons (Fsp3) is 0.545. The summed E-state index contributed by atoms with van der Waals surface area (Å²) in [5, 5.41) is 3.36. The lowest BCUT2D eigenvalue weighted by molar-refractivity contribution is 0.0752.